The summed E-state index contributed by atoms with van der Waals surface area (Å²) in [5.41, 5.74) is 3.82. The predicted molar refractivity (Wildman–Crippen MR) is 142 cm³/mol. The van der Waals surface area contributed by atoms with Crippen LogP contribution in [0.5, 0.6) is 11.5 Å². The number of hydrogen-bond donors (Lipinski definition) is 0. The number of piperazine rings is 1. The lowest BCUT2D eigenvalue weighted by atomic mass is 10.1. The van der Waals surface area contributed by atoms with E-state index < -0.39 is 0 Å². The maximum atomic E-state index is 13.7. The van der Waals surface area contributed by atoms with Gasteiger partial charge in [-0.1, -0.05) is 29.8 Å². The summed E-state index contributed by atoms with van der Waals surface area (Å²) in [6.45, 7) is 2.71. The van der Waals surface area contributed by atoms with Crippen molar-refractivity contribution in [2.75, 3.05) is 45.3 Å². The maximum Gasteiger partial charge on any atom is 0.272 e. The molecule has 0 bridgehead atoms. The Labute approximate surface area is 215 Å². The van der Waals surface area contributed by atoms with E-state index in [0.717, 1.165) is 41.5 Å². The molecule has 3 aromatic carbocycles. The zero-order valence-electron chi connectivity index (χ0n) is 20.2. The zero-order valence-corrected chi connectivity index (χ0v) is 21.0. The number of aromatic nitrogens is 2. The molecule has 1 aliphatic rings. The highest BCUT2D eigenvalue weighted by Gasteiger charge is 2.27. The average molecular weight is 503 g/mol. The highest BCUT2D eigenvalue weighted by atomic mass is 35.5. The van der Waals surface area contributed by atoms with Gasteiger partial charge in [0.05, 0.1) is 30.6 Å². The van der Waals surface area contributed by atoms with Crippen molar-refractivity contribution in [2.45, 2.75) is 0 Å². The molecule has 184 valence electrons. The first-order valence-electron chi connectivity index (χ1n) is 11.7. The number of anilines is 1. The van der Waals surface area contributed by atoms with Crippen molar-refractivity contribution in [3.05, 3.63) is 89.6 Å². The quantitative estimate of drug-likeness (QED) is 0.364. The topological polar surface area (TPSA) is 59.8 Å². The predicted octanol–water partition coefficient (Wildman–Crippen LogP) is 5.17. The fourth-order valence-corrected chi connectivity index (χ4v) is 4.61. The van der Waals surface area contributed by atoms with Crippen LogP contribution in [0.15, 0.2) is 78.9 Å². The van der Waals surface area contributed by atoms with Gasteiger partial charge < -0.3 is 19.3 Å². The van der Waals surface area contributed by atoms with Crippen LogP contribution in [0, 0.1) is 0 Å². The molecule has 0 aliphatic carbocycles. The number of rotatable bonds is 6. The fourth-order valence-electron chi connectivity index (χ4n) is 4.38. The molecule has 2 heterocycles. The molecule has 0 saturated carbocycles. The first-order chi connectivity index (χ1) is 17.6. The number of methoxy groups -OCH3 is 2. The number of benzene rings is 3. The van der Waals surface area contributed by atoms with Gasteiger partial charge >= 0.3 is 0 Å². The number of hydrogen-bond acceptors (Lipinski definition) is 5. The molecule has 8 heteroatoms. The average Bonchev–Trinajstić information content (AvgIpc) is 3.38. The minimum Gasteiger partial charge on any atom is -0.497 e. The summed E-state index contributed by atoms with van der Waals surface area (Å²) in [5.74, 6) is 1.50. The third-order valence-corrected chi connectivity index (χ3v) is 6.73. The van der Waals surface area contributed by atoms with Gasteiger partial charge in [-0.25, -0.2) is 4.68 Å². The summed E-state index contributed by atoms with van der Waals surface area (Å²) in [6.07, 6.45) is 0. The summed E-state index contributed by atoms with van der Waals surface area (Å²) in [5, 5.41) is 5.37. The highest BCUT2D eigenvalue weighted by Crippen LogP contribution is 2.29. The Balaban J connectivity index is 1.42. The lowest BCUT2D eigenvalue weighted by molar-refractivity contribution is 0.0737. The summed E-state index contributed by atoms with van der Waals surface area (Å²) < 4.78 is 12.2. The number of amides is 1. The van der Waals surface area contributed by atoms with Gasteiger partial charge in [0.15, 0.2) is 0 Å². The first-order valence-corrected chi connectivity index (χ1v) is 12.1. The van der Waals surface area contributed by atoms with Crippen LogP contribution in [0.1, 0.15) is 10.5 Å². The van der Waals surface area contributed by atoms with Crippen molar-refractivity contribution in [1.29, 1.82) is 0 Å². The molecule has 1 aromatic heterocycles. The van der Waals surface area contributed by atoms with Gasteiger partial charge in [-0.15, -0.1) is 0 Å². The van der Waals surface area contributed by atoms with E-state index in [0.29, 0.717) is 29.5 Å². The molecule has 36 heavy (non-hydrogen) atoms. The Bertz CT molecular complexity index is 1340. The van der Waals surface area contributed by atoms with Gasteiger partial charge in [-0.3, -0.25) is 4.79 Å². The lowest BCUT2D eigenvalue weighted by Gasteiger charge is -2.36. The molecule has 1 fully saturated rings. The molecule has 0 N–H and O–H groups in total. The molecular formula is C28H27ClN4O3. The third kappa shape index (κ3) is 4.75. The molecular weight excluding hydrogens is 476 g/mol. The van der Waals surface area contributed by atoms with Crippen molar-refractivity contribution >= 4 is 23.2 Å². The Morgan fingerprint density at radius 2 is 1.39 bits per heavy atom. The van der Waals surface area contributed by atoms with Crippen molar-refractivity contribution in [3.8, 4) is 28.4 Å². The van der Waals surface area contributed by atoms with Crippen molar-refractivity contribution in [3.63, 3.8) is 0 Å². The second-order valence-corrected chi connectivity index (χ2v) is 8.89. The van der Waals surface area contributed by atoms with Crippen molar-refractivity contribution < 1.29 is 14.3 Å². The smallest absolute Gasteiger partial charge is 0.272 e. The molecule has 0 radical (unpaired) electrons. The lowest BCUT2D eigenvalue weighted by Crippen LogP contribution is -2.49. The summed E-state index contributed by atoms with van der Waals surface area (Å²) >= 11 is 6.45. The Morgan fingerprint density at radius 1 is 0.806 bits per heavy atom. The molecule has 1 amide bonds. The molecule has 1 saturated heterocycles. The van der Waals surface area contributed by atoms with Gasteiger partial charge in [0.2, 0.25) is 0 Å². The first kappa shape index (κ1) is 23.8. The Morgan fingerprint density at radius 3 is 1.97 bits per heavy atom. The van der Waals surface area contributed by atoms with Gasteiger partial charge in [0, 0.05) is 37.4 Å². The van der Waals surface area contributed by atoms with Crippen LogP contribution in [0.25, 0.3) is 16.9 Å². The third-order valence-electron chi connectivity index (χ3n) is 6.40. The van der Waals surface area contributed by atoms with Crippen LogP contribution < -0.4 is 14.4 Å². The molecule has 4 aromatic rings. The Hall–Kier alpha value is -3.97. The van der Waals surface area contributed by atoms with Crippen LogP contribution in [0.2, 0.25) is 5.02 Å². The number of carbonyl (C=O) groups excluding carboxylic acids is 1. The highest BCUT2D eigenvalue weighted by molar-refractivity contribution is 6.33. The van der Waals surface area contributed by atoms with Gasteiger partial charge in [0.25, 0.3) is 5.91 Å². The van der Waals surface area contributed by atoms with E-state index in [2.05, 4.69) is 4.90 Å². The molecule has 0 atom stereocenters. The van der Waals surface area contributed by atoms with E-state index in [-0.39, 0.29) is 5.91 Å². The molecule has 0 unspecified atom stereocenters. The van der Waals surface area contributed by atoms with E-state index in [9.17, 15) is 4.79 Å². The van der Waals surface area contributed by atoms with Crippen LogP contribution >= 0.6 is 11.6 Å². The van der Waals surface area contributed by atoms with E-state index in [1.165, 1.54) is 0 Å². The normalized spacial score (nSPS) is 13.5. The largest absolute Gasteiger partial charge is 0.497 e. The fraction of sp³-hybridized carbons (Fsp3) is 0.214. The summed E-state index contributed by atoms with van der Waals surface area (Å²) in [7, 11) is 3.28. The molecule has 7 nitrogen and oxygen atoms in total. The standard InChI is InChI=1S/C28H27ClN4O3/c1-35-22-11-7-20(8-12-22)31-15-17-32(18-16-31)28(34)27-19-26(24-5-3-4-6-25(24)29)30-33(27)21-9-13-23(36-2)14-10-21/h3-14,19H,15-18H2,1-2H3. The second kappa shape index (κ2) is 10.3. The minimum atomic E-state index is -0.0639. The molecule has 1 aliphatic heterocycles. The maximum absolute atomic E-state index is 13.7. The van der Waals surface area contributed by atoms with Crippen LogP contribution in [0.3, 0.4) is 0 Å². The minimum absolute atomic E-state index is 0.0639. The Kier molecular flexibility index (Phi) is 6.82. The number of nitrogens with zero attached hydrogens (tertiary/aromatic N) is 4. The monoisotopic (exact) mass is 502 g/mol. The number of ether oxygens (including phenoxy) is 2. The van der Waals surface area contributed by atoms with Gasteiger partial charge in [0.1, 0.15) is 17.2 Å². The summed E-state index contributed by atoms with van der Waals surface area (Å²) in [6, 6.07) is 24.8. The van der Waals surface area contributed by atoms with Gasteiger partial charge in [-0.2, -0.15) is 5.10 Å². The van der Waals surface area contributed by atoms with E-state index >= 15 is 0 Å². The number of halogens is 1. The second-order valence-electron chi connectivity index (χ2n) is 8.48. The van der Waals surface area contributed by atoms with Crippen molar-refractivity contribution in [1.82, 2.24) is 14.7 Å². The van der Waals surface area contributed by atoms with Crippen LogP contribution in [-0.2, 0) is 0 Å². The molecule has 0 spiro atoms. The van der Waals surface area contributed by atoms with Gasteiger partial charge in [-0.05, 0) is 60.7 Å². The number of carbonyl (C=O) groups is 1. The van der Waals surface area contributed by atoms with Crippen molar-refractivity contribution in [2.24, 2.45) is 0 Å². The SMILES string of the molecule is COc1ccc(N2CCN(C(=O)c3cc(-c4ccccc4Cl)nn3-c3ccc(OC)cc3)CC2)cc1. The van der Waals surface area contributed by atoms with E-state index in [4.69, 9.17) is 26.2 Å². The zero-order chi connectivity index (χ0) is 25.1. The van der Waals surface area contributed by atoms with Crippen LogP contribution in [-0.4, -0.2) is 61.0 Å². The van der Waals surface area contributed by atoms with E-state index in [1.807, 2.05) is 83.8 Å². The van der Waals surface area contributed by atoms with Crippen LogP contribution in [0.4, 0.5) is 5.69 Å². The molecule has 5 rings (SSSR count). The summed E-state index contributed by atoms with van der Waals surface area (Å²) in [4.78, 5) is 17.9. The van der Waals surface area contributed by atoms with E-state index in [1.54, 1.807) is 18.9 Å².